The van der Waals surface area contributed by atoms with Gasteiger partial charge in [0.2, 0.25) is 0 Å². The van der Waals surface area contributed by atoms with Crippen molar-refractivity contribution in [1.82, 2.24) is 4.90 Å². The third-order valence-corrected chi connectivity index (χ3v) is 4.21. The molecule has 1 heterocycles. The average molecular weight is 279 g/mol. The summed E-state index contributed by atoms with van der Waals surface area (Å²) in [5, 5.41) is 0. The largest absolute Gasteiger partial charge is 0.334 e. The Labute approximate surface area is 126 Å². The van der Waals surface area contributed by atoms with Crippen molar-refractivity contribution in [1.29, 1.82) is 0 Å². The van der Waals surface area contributed by atoms with Gasteiger partial charge in [-0.1, -0.05) is 56.3 Å². The lowest BCUT2D eigenvalue weighted by Gasteiger charge is -2.28. The van der Waals surface area contributed by atoms with E-state index in [0.717, 1.165) is 18.5 Å². The molecule has 108 valence electrons. The Hall–Kier alpha value is -2.09. The van der Waals surface area contributed by atoms with Gasteiger partial charge in [-0.05, 0) is 35.1 Å². The molecule has 0 unspecified atom stereocenters. The van der Waals surface area contributed by atoms with Crippen LogP contribution in [0.25, 0.3) is 0 Å². The van der Waals surface area contributed by atoms with Crippen LogP contribution in [0, 0.1) is 0 Å². The minimum absolute atomic E-state index is 0.157. The molecule has 0 aliphatic carbocycles. The summed E-state index contributed by atoms with van der Waals surface area (Å²) in [7, 11) is 0. The first kappa shape index (κ1) is 13.9. The van der Waals surface area contributed by atoms with Gasteiger partial charge in [0, 0.05) is 18.7 Å². The Morgan fingerprint density at radius 2 is 1.76 bits per heavy atom. The fraction of sp³-hybridized carbons (Fsp3) is 0.316. The van der Waals surface area contributed by atoms with Crippen molar-refractivity contribution in [2.24, 2.45) is 0 Å². The topological polar surface area (TPSA) is 20.3 Å². The molecule has 2 aromatic rings. The highest BCUT2D eigenvalue weighted by atomic mass is 16.2. The quantitative estimate of drug-likeness (QED) is 0.831. The van der Waals surface area contributed by atoms with Gasteiger partial charge in [0.1, 0.15) is 0 Å². The van der Waals surface area contributed by atoms with Crippen LogP contribution in [0.4, 0.5) is 0 Å². The lowest BCUT2D eigenvalue weighted by Crippen LogP contribution is -2.36. The van der Waals surface area contributed by atoms with E-state index in [0.29, 0.717) is 12.5 Å². The number of benzene rings is 2. The first-order valence-electron chi connectivity index (χ1n) is 7.61. The SMILES string of the molecule is CC(C)c1ccc(CN2CCc3ccccc3C2=O)cc1. The number of carbonyl (C=O) groups excluding carboxylic acids is 1. The molecule has 0 aromatic heterocycles. The highest BCUT2D eigenvalue weighted by molar-refractivity contribution is 5.96. The minimum Gasteiger partial charge on any atom is -0.334 e. The number of hydrogen-bond acceptors (Lipinski definition) is 1. The Kier molecular flexibility index (Phi) is 3.78. The summed E-state index contributed by atoms with van der Waals surface area (Å²) in [6.45, 7) is 5.90. The number of rotatable bonds is 3. The van der Waals surface area contributed by atoms with Gasteiger partial charge in [-0.2, -0.15) is 0 Å². The molecule has 0 bridgehead atoms. The second-order valence-corrected chi connectivity index (χ2v) is 6.03. The molecule has 1 aliphatic rings. The van der Waals surface area contributed by atoms with Crippen molar-refractivity contribution in [2.75, 3.05) is 6.54 Å². The summed E-state index contributed by atoms with van der Waals surface area (Å²) in [6, 6.07) is 16.6. The maximum Gasteiger partial charge on any atom is 0.254 e. The second-order valence-electron chi connectivity index (χ2n) is 6.03. The van der Waals surface area contributed by atoms with E-state index in [1.807, 2.05) is 23.1 Å². The number of hydrogen-bond donors (Lipinski definition) is 0. The van der Waals surface area contributed by atoms with Gasteiger partial charge in [-0.3, -0.25) is 4.79 Å². The predicted octanol–water partition coefficient (Wildman–Crippen LogP) is 4.01. The van der Waals surface area contributed by atoms with Gasteiger partial charge < -0.3 is 4.90 Å². The summed E-state index contributed by atoms with van der Waals surface area (Å²) in [5.41, 5.74) is 4.58. The van der Waals surface area contributed by atoms with Crippen molar-refractivity contribution < 1.29 is 4.79 Å². The number of carbonyl (C=O) groups is 1. The lowest BCUT2D eigenvalue weighted by atomic mass is 9.98. The summed E-state index contributed by atoms with van der Waals surface area (Å²) in [6.07, 6.45) is 0.950. The average Bonchev–Trinajstić information content (AvgIpc) is 2.51. The molecule has 0 saturated carbocycles. The van der Waals surface area contributed by atoms with E-state index >= 15 is 0 Å². The molecule has 3 rings (SSSR count). The summed E-state index contributed by atoms with van der Waals surface area (Å²) in [4.78, 5) is 14.5. The van der Waals surface area contributed by atoms with E-state index < -0.39 is 0 Å². The molecule has 2 heteroatoms. The molecule has 0 fully saturated rings. The van der Waals surface area contributed by atoms with Gasteiger partial charge >= 0.3 is 0 Å². The number of fused-ring (bicyclic) bond motifs is 1. The van der Waals surface area contributed by atoms with Crippen LogP contribution in [-0.2, 0) is 13.0 Å². The van der Waals surface area contributed by atoms with E-state index in [-0.39, 0.29) is 5.91 Å². The second kappa shape index (κ2) is 5.72. The van der Waals surface area contributed by atoms with Crippen LogP contribution >= 0.6 is 0 Å². The van der Waals surface area contributed by atoms with E-state index in [2.05, 4.69) is 44.2 Å². The highest BCUT2D eigenvalue weighted by Gasteiger charge is 2.23. The lowest BCUT2D eigenvalue weighted by molar-refractivity contribution is 0.0727. The summed E-state index contributed by atoms with van der Waals surface area (Å²) >= 11 is 0. The van der Waals surface area contributed by atoms with Crippen LogP contribution in [0.5, 0.6) is 0 Å². The predicted molar refractivity (Wildman–Crippen MR) is 85.4 cm³/mol. The molecule has 1 aliphatic heterocycles. The normalized spacial score (nSPS) is 14.4. The zero-order valence-corrected chi connectivity index (χ0v) is 12.7. The van der Waals surface area contributed by atoms with Gasteiger partial charge in [-0.25, -0.2) is 0 Å². The molecule has 2 nitrogen and oxygen atoms in total. The molecular weight excluding hydrogens is 258 g/mol. The van der Waals surface area contributed by atoms with Crippen LogP contribution in [0.2, 0.25) is 0 Å². The third-order valence-electron chi connectivity index (χ3n) is 4.21. The molecule has 1 amide bonds. The minimum atomic E-state index is 0.157. The van der Waals surface area contributed by atoms with Crippen LogP contribution in [0.15, 0.2) is 48.5 Å². The van der Waals surface area contributed by atoms with Crippen LogP contribution in [0.3, 0.4) is 0 Å². The Morgan fingerprint density at radius 3 is 2.48 bits per heavy atom. The van der Waals surface area contributed by atoms with E-state index in [9.17, 15) is 4.79 Å². The van der Waals surface area contributed by atoms with Gasteiger partial charge in [0.05, 0.1) is 0 Å². The number of amides is 1. The van der Waals surface area contributed by atoms with Crippen LogP contribution < -0.4 is 0 Å². The van der Waals surface area contributed by atoms with Gasteiger partial charge in [0.15, 0.2) is 0 Å². The Bertz CT molecular complexity index is 643. The smallest absolute Gasteiger partial charge is 0.254 e. The van der Waals surface area contributed by atoms with E-state index in [1.165, 1.54) is 16.7 Å². The Morgan fingerprint density at radius 1 is 1.05 bits per heavy atom. The first-order chi connectivity index (χ1) is 10.1. The monoisotopic (exact) mass is 279 g/mol. The standard InChI is InChI=1S/C19H21NO/c1-14(2)16-9-7-15(8-10-16)13-20-12-11-17-5-3-4-6-18(17)19(20)21/h3-10,14H,11-13H2,1-2H3. The molecule has 0 radical (unpaired) electrons. The fourth-order valence-electron chi connectivity index (χ4n) is 2.85. The molecule has 2 aromatic carbocycles. The van der Waals surface area contributed by atoms with Crippen molar-refractivity contribution in [3.8, 4) is 0 Å². The van der Waals surface area contributed by atoms with Crippen molar-refractivity contribution >= 4 is 5.91 Å². The molecule has 0 saturated heterocycles. The van der Waals surface area contributed by atoms with Crippen LogP contribution in [0.1, 0.15) is 46.8 Å². The third kappa shape index (κ3) is 2.85. The maximum atomic E-state index is 12.5. The van der Waals surface area contributed by atoms with Crippen molar-refractivity contribution in [3.05, 3.63) is 70.8 Å². The first-order valence-corrected chi connectivity index (χ1v) is 7.61. The molecule has 0 N–H and O–H groups in total. The zero-order chi connectivity index (χ0) is 14.8. The molecule has 21 heavy (non-hydrogen) atoms. The Balaban J connectivity index is 1.76. The molecular formula is C19H21NO. The highest BCUT2D eigenvalue weighted by Crippen LogP contribution is 2.21. The molecule has 0 spiro atoms. The van der Waals surface area contributed by atoms with E-state index in [1.54, 1.807) is 0 Å². The fourth-order valence-corrected chi connectivity index (χ4v) is 2.85. The summed E-state index contributed by atoms with van der Waals surface area (Å²) in [5.74, 6) is 0.701. The molecule has 0 atom stereocenters. The maximum absolute atomic E-state index is 12.5. The zero-order valence-electron chi connectivity index (χ0n) is 12.7. The summed E-state index contributed by atoms with van der Waals surface area (Å²) < 4.78 is 0. The number of nitrogens with zero attached hydrogens (tertiary/aromatic N) is 1. The van der Waals surface area contributed by atoms with Gasteiger partial charge in [-0.15, -0.1) is 0 Å². The van der Waals surface area contributed by atoms with E-state index in [4.69, 9.17) is 0 Å². The van der Waals surface area contributed by atoms with Crippen molar-refractivity contribution in [3.63, 3.8) is 0 Å². The van der Waals surface area contributed by atoms with Crippen LogP contribution in [-0.4, -0.2) is 17.4 Å². The van der Waals surface area contributed by atoms with Crippen molar-refractivity contribution in [2.45, 2.75) is 32.7 Å². The van der Waals surface area contributed by atoms with Gasteiger partial charge in [0.25, 0.3) is 5.91 Å².